The molecular weight excluding hydrogens is 358 g/mol. The van der Waals surface area contributed by atoms with Gasteiger partial charge >= 0.3 is 0 Å². The molecule has 142 valence electrons. The third-order valence-electron chi connectivity index (χ3n) is 5.07. The van der Waals surface area contributed by atoms with Crippen LogP contribution in [0.15, 0.2) is 46.0 Å². The number of rotatable bonds is 5. The van der Waals surface area contributed by atoms with Gasteiger partial charge in [-0.2, -0.15) is 10.1 Å². The van der Waals surface area contributed by atoms with Gasteiger partial charge in [-0.3, -0.25) is 4.79 Å². The van der Waals surface area contributed by atoms with Crippen molar-refractivity contribution < 1.29 is 9.63 Å². The summed E-state index contributed by atoms with van der Waals surface area (Å²) in [6.45, 7) is 1.91. The lowest BCUT2D eigenvalue weighted by Gasteiger charge is -2.03. The van der Waals surface area contributed by atoms with Crippen LogP contribution in [0, 0.1) is 6.92 Å². The number of aliphatic hydroxyl groups excluding tert-OH is 1. The molecule has 8 nitrogen and oxygen atoms in total. The molecule has 1 N–H and O–H groups in total. The highest BCUT2D eigenvalue weighted by Gasteiger charge is 2.29. The molecule has 0 unspecified atom stereocenters. The molecule has 8 heteroatoms. The predicted molar refractivity (Wildman–Crippen MR) is 101 cm³/mol. The second-order valence-electron chi connectivity index (χ2n) is 7.20. The fourth-order valence-electron chi connectivity index (χ4n) is 3.35. The Hall–Kier alpha value is -3.26. The topological polar surface area (TPSA) is 98.5 Å². The van der Waals surface area contributed by atoms with Crippen LogP contribution in [0.4, 0.5) is 0 Å². The van der Waals surface area contributed by atoms with Crippen LogP contribution in [-0.4, -0.2) is 29.4 Å². The van der Waals surface area contributed by atoms with Crippen LogP contribution >= 0.6 is 0 Å². The Bertz CT molecular complexity index is 1220. The van der Waals surface area contributed by atoms with Crippen molar-refractivity contribution in [3.8, 4) is 11.3 Å². The Morgan fingerprint density at radius 1 is 1.21 bits per heavy atom. The molecule has 0 atom stereocenters. The first-order valence-corrected chi connectivity index (χ1v) is 9.25. The third kappa shape index (κ3) is 2.82. The van der Waals surface area contributed by atoms with Crippen LogP contribution in [0.2, 0.25) is 0 Å². The summed E-state index contributed by atoms with van der Waals surface area (Å²) in [5, 5.41) is 18.5. The summed E-state index contributed by atoms with van der Waals surface area (Å²) in [7, 11) is 0. The van der Waals surface area contributed by atoms with E-state index in [1.807, 2.05) is 31.2 Å². The van der Waals surface area contributed by atoms with Gasteiger partial charge in [0.1, 0.15) is 12.1 Å². The van der Waals surface area contributed by atoms with Gasteiger partial charge in [0.05, 0.1) is 12.3 Å². The summed E-state index contributed by atoms with van der Waals surface area (Å²) in [5.74, 6) is 1.51. The Morgan fingerprint density at radius 2 is 2.00 bits per heavy atom. The summed E-state index contributed by atoms with van der Waals surface area (Å²) in [5.41, 5.74) is 3.19. The van der Waals surface area contributed by atoms with Crippen molar-refractivity contribution >= 4 is 5.52 Å². The smallest absolute Gasteiger partial charge is 0.277 e. The van der Waals surface area contributed by atoms with E-state index in [-0.39, 0.29) is 18.7 Å². The molecule has 28 heavy (non-hydrogen) atoms. The van der Waals surface area contributed by atoms with E-state index in [0.29, 0.717) is 34.4 Å². The Labute approximate surface area is 160 Å². The lowest BCUT2D eigenvalue weighted by atomic mass is 10.1. The lowest BCUT2D eigenvalue weighted by molar-refractivity contribution is 0.283. The highest BCUT2D eigenvalue weighted by molar-refractivity contribution is 5.72. The van der Waals surface area contributed by atoms with Crippen LogP contribution in [0.25, 0.3) is 16.8 Å². The molecule has 1 saturated carbocycles. The average molecular weight is 377 g/mol. The number of aryl methyl sites for hydroxylation is 1. The molecule has 3 heterocycles. The maximum atomic E-state index is 13.1. The summed E-state index contributed by atoms with van der Waals surface area (Å²) in [4.78, 5) is 17.4. The molecule has 0 spiro atoms. The number of nitrogens with zero attached hydrogens (tertiary/aromatic N) is 5. The summed E-state index contributed by atoms with van der Waals surface area (Å²) < 4.78 is 8.30. The molecule has 5 rings (SSSR count). The van der Waals surface area contributed by atoms with Gasteiger partial charge in [0.15, 0.2) is 5.82 Å². The van der Waals surface area contributed by atoms with E-state index in [9.17, 15) is 9.90 Å². The first kappa shape index (κ1) is 16.9. The first-order valence-electron chi connectivity index (χ1n) is 9.25. The van der Waals surface area contributed by atoms with Crippen molar-refractivity contribution in [1.29, 1.82) is 0 Å². The Kier molecular flexibility index (Phi) is 3.87. The quantitative estimate of drug-likeness (QED) is 0.573. The number of aromatic nitrogens is 5. The van der Waals surface area contributed by atoms with Gasteiger partial charge in [-0.25, -0.2) is 4.52 Å². The molecule has 0 amide bonds. The Morgan fingerprint density at radius 3 is 2.71 bits per heavy atom. The SMILES string of the molecule is Cc1ccc(-c2nn3ccn(Cc4nc(C5CC5)no4)c(=O)c3c2CO)cc1. The van der Waals surface area contributed by atoms with E-state index in [2.05, 4.69) is 15.2 Å². The second kappa shape index (κ2) is 6.42. The third-order valence-corrected chi connectivity index (χ3v) is 5.07. The number of aliphatic hydroxyl groups is 1. The molecule has 3 aromatic heterocycles. The minimum absolute atomic E-state index is 0.185. The standard InChI is InChI=1S/C20H19N5O3/c1-12-2-4-13(5-3-12)17-15(11-26)18-20(27)24(8-9-25(18)22-17)10-16-21-19(23-28-16)14-6-7-14/h2-5,8-9,14,26H,6-7,10-11H2,1H3. The number of hydrogen-bond donors (Lipinski definition) is 1. The van der Waals surface area contributed by atoms with Crippen LogP contribution in [0.1, 0.15) is 41.6 Å². The van der Waals surface area contributed by atoms with Gasteiger partial charge in [-0.05, 0) is 19.8 Å². The lowest BCUT2D eigenvalue weighted by Crippen LogP contribution is -2.22. The minimum Gasteiger partial charge on any atom is -0.392 e. The van der Waals surface area contributed by atoms with Crippen LogP contribution in [-0.2, 0) is 13.2 Å². The highest BCUT2D eigenvalue weighted by atomic mass is 16.5. The number of hydrogen-bond acceptors (Lipinski definition) is 6. The van der Waals surface area contributed by atoms with Crippen LogP contribution < -0.4 is 5.56 Å². The van der Waals surface area contributed by atoms with E-state index < -0.39 is 0 Å². The first-order chi connectivity index (χ1) is 13.6. The van der Waals surface area contributed by atoms with Gasteiger partial charge in [0, 0.05) is 29.4 Å². The van der Waals surface area contributed by atoms with Crippen molar-refractivity contribution in [2.45, 2.75) is 38.8 Å². The van der Waals surface area contributed by atoms with Crippen molar-refractivity contribution in [3.05, 3.63) is 69.9 Å². The van der Waals surface area contributed by atoms with Crippen molar-refractivity contribution in [1.82, 2.24) is 24.3 Å². The van der Waals surface area contributed by atoms with Gasteiger partial charge < -0.3 is 14.2 Å². The van der Waals surface area contributed by atoms with Gasteiger partial charge in [-0.15, -0.1) is 0 Å². The molecule has 0 radical (unpaired) electrons. The summed E-state index contributed by atoms with van der Waals surface area (Å²) >= 11 is 0. The molecule has 0 aliphatic heterocycles. The predicted octanol–water partition coefficient (Wildman–Crippen LogP) is 2.27. The molecule has 1 fully saturated rings. The highest BCUT2D eigenvalue weighted by Crippen LogP contribution is 2.38. The van der Waals surface area contributed by atoms with E-state index in [1.165, 1.54) is 9.08 Å². The molecule has 0 bridgehead atoms. The number of benzene rings is 1. The van der Waals surface area contributed by atoms with Gasteiger partial charge in [0.2, 0.25) is 5.89 Å². The molecule has 1 aliphatic rings. The van der Waals surface area contributed by atoms with Crippen LogP contribution in [0.5, 0.6) is 0 Å². The zero-order valence-corrected chi connectivity index (χ0v) is 15.4. The maximum Gasteiger partial charge on any atom is 0.277 e. The molecule has 0 saturated heterocycles. The Balaban J connectivity index is 1.57. The van der Waals surface area contributed by atoms with E-state index in [1.54, 1.807) is 12.4 Å². The molecule has 1 aliphatic carbocycles. The molecule has 4 aromatic rings. The van der Waals surface area contributed by atoms with Crippen molar-refractivity contribution in [2.24, 2.45) is 0 Å². The number of fused-ring (bicyclic) bond motifs is 1. The second-order valence-corrected chi connectivity index (χ2v) is 7.20. The fourth-order valence-corrected chi connectivity index (χ4v) is 3.35. The van der Waals surface area contributed by atoms with Crippen molar-refractivity contribution in [3.63, 3.8) is 0 Å². The minimum atomic E-state index is -0.279. The zero-order chi connectivity index (χ0) is 19.3. The summed E-state index contributed by atoms with van der Waals surface area (Å²) in [6, 6.07) is 7.83. The molecule has 1 aromatic carbocycles. The van der Waals surface area contributed by atoms with E-state index >= 15 is 0 Å². The zero-order valence-electron chi connectivity index (χ0n) is 15.4. The fraction of sp³-hybridized carbons (Fsp3) is 0.300. The van der Waals surface area contributed by atoms with Crippen molar-refractivity contribution in [2.75, 3.05) is 0 Å². The summed E-state index contributed by atoms with van der Waals surface area (Å²) in [6.07, 6.45) is 5.51. The maximum absolute atomic E-state index is 13.1. The van der Waals surface area contributed by atoms with E-state index in [4.69, 9.17) is 4.52 Å². The monoisotopic (exact) mass is 377 g/mol. The molecular formula is C20H19N5O3. The largest absolute Gasteiger partial charge is 0.392 e. The van der Waals surface area contributed by atoms with E-state index in [0.717, 1.165) is 24.0 Å². The average Bonchev–Trinajstić information content (AvgIpc) is 3.32. The van der Waals surface area contributed by atoms with Crippen LogP contribution in [0.3, 0.4) is 0 Å². The van der Waals surface area contributed by atoms with Gasteiger partial charge in [0.25, 0.3) is 5.56 Å². The normalized spacial score (nSPS) is 14.1. The van der Waals surface area contributed by atoms with Gasteiger partial charge in [-0.1, -0.05) is 35.0 Å².